The Morgan fingerprint density at radius 3 is 0.843 bits per heavy atom. The lowest BCUT2D eigenvalue weighted by atomic mass is 9.77. The molecule has 0 heterocycles. The molecule has 0 aromatic heterocycles. The van der Waals surface area contributed by atoms with Crippen molar-refractivity contribution in [1.29, 1.82) is 0 Å². The molecule has 0 aromatic rings. The summed E-state index contributed by atoms with van der Waals surface area (Å²) in [5, 5.41) is 9.90. The second kappa shape index (κ2) is 29.7. The molecule has 3 N–H and O–H groups in total. The fourth-order valence-electron chi connectivity index (χ4n) is 8.30. The number of aliphatic hydroxyl groups is 1. The number of ketones is 2. The van der Waals surface area contributed by atoms with Crippen molar-refractivity contribution in [2.24, 2.45) is 0 Å². The molecule has 0 radical (unpaired) electrons. The van der Waals surface area contributed by atoms with Gasteiger partial charge in [-0.05, 0) is 12.8 Å². The highest BCUT2D eigenvalue weighted by Crippen LogP contribution is 2.62. The van der Waals surface area contributed by atoms with E-state index in [1.807, 2.05) is 0 Å². The van der Waals surface area contributed by atoms with E-state index in [9.17, 15) is 29.0 Å². The van der Waals surface area contributed by atoms with Crippen LogP contribution in [-0.2, 0) is 14.2 Å². The summed E-state index contributed by atoms with van der Waals surface area (Å²) < 4.78 is 12.8. The maximum atomic E-state index is 13.9. The number of carbonyl (C=O) groups is 2. The van der Waals surface area contributed by atoms with Gasteiger partial charge >= 0.3 is 7.60 Å². The lowest BCUT2D eigenvalue weighted by molar-refractivity contribution is -0.914. The van der Waals surface area contributed by atoms with Crippen LogP contribution < -0.4 is 0 Å². The number of rotatable bonds is 38. The molecule has 0 fully saturated rings. The Morgan fingerprint density at radius 2 is 0.667 bits per heavy atom. The first-order chi connectivity index (χ1) is 24.3. The second-order valence-electron chi connectivity index (χ2n) is 16.7. The zero-order chi connectivity index (χ0) is 38.5. The van der Waals surface area contributed by atoms with Gasteiger partial charge in [0, 0.05) is 19.3 Å². The first-order valence-electron chi connectivity index (χ1n) is 21.9. The van der Waals surface area contributed by atoms with Crippen molar-refractivity contribution in [1.82, 2.24) is 0 Å². The van der Waals surface area contributed by atoms with Gasteiger partial charge in [-0.3, -0.25) is 14.2 Å². The van der Waals surface area contributed by atoms with Gasteiger partial charge < -0.3 is 19.4 Å². The predicted octanol–water partition coefficient (Wildman–Crippen LogP) is 12.4. The third-order valence-corrected chi connectivity index (χ3v) is 13.7. The molecule has 0 aromatic carbocycles. The summed E-state index contributed by atoms with van der Waals surface area (Å²) in [6.45, 7) is 6.07. The summed E-state index contributed by atoms with van der Waals surface area (Å²) in [5.74, 6) is -1.47. The van der Waals surface area contributed by atoms with Crippen LogP contribution in [0.1, 0.15) is 233 Å². The third-order valence-electron chi connectivity index (χ3n) is 11.5. The van der Waals surface area contributed by atoms with E-state index >= 15 is 0 Å². The van der Waals surface area contributed by atoms with Crippen LogP contribution in [0.3, 0.4) is 0 Å². The van der Waals surface area contributed by atoms with Crippen molar-refractivity contribution in [2.75, 3.05) is 21.1 Å². The summed E-state index contributed by atoms with van der Waals surface area (Å²) >= 11 is 0. The number of unbranched alkanes of at least 4 members (excludes halogenated alkanes) is 28. The van der Waals surface area contributed by atoms with Crippen molar-refractivity contribution in [3.8, 4) is 0 Å². The van der Waals surface area contributed by atoms with E-state index in [1.54, 1.807) is 28.1 Å². The topological polar surface area (TPSA) is 112 Å². The van der Waals surface area contributed by atoms with Gasteiger partial charge in [0.25, 0.3) is 0 Å². The molecule has 8 heteroatoms. The van der Waals surface area contributed by atoms with Gasteiger partial charge in [0.05, 0.1) is 21.1 Å². The quantitative estimate of drug-likeness (QED) is 0.0251. The molecule has 0 saturated carbocycles. The molecular formula is C43H87NO6P+. The zero-order valence-corrected chi connectivity index (χ0v) is 35.7. The number of Topliss-reactive ketones (excluding diaryl/α,β-unsaturated/α-hetero) is 2. The van der Waals surface area contributed by atoms with Gasteiger partial charge in [0.1, 0.15) is 0 Å². The van der Waals surface area contributed by atoms with Crippen LogP contribution >= 0.6 is 7.60 Å². The minimum Gasteiger partial charge on any atom is -0.369 e. The van der Waals surface area contributed by atoms with E-state index in [0.717, 1.165) is 38.5 Å². The standard InChI is InChI=1S/C43H86NO6P/c1-7-10-12-14-16-18-20-22-24-26-28-30-32-34-36-38-40(45)43(47,42(9-3,44(4,5)6)51(48,49)50)41(46)39-37-35-33-31-29-27-25-23-21-19-17-15-13-11-8-2/h47H,7-39H2,1-6H3,(H-,48,49,50)/p+1. The summed E-state index contributed by atoms with van der Waals surface area (Å²) in [5.41, 5.74) is -2.75. The molecule has 304 valence electrons. The van der Waals surface area contributed by atoms with E-state index < -0.39 is 30.0 Å². The molecule has 0 aliphatic carbocycles. The Labute approximate surface area is 316 Å². The number of quaternary nitrogens is 1. The molecule has 0 rings (SSSR count). The predicted molar refractivity (Wildman–Crippen MR) is 217 cm³/mol. The number of carbonyl (C=O) groups excluding carboxylic acids is 2. The monoisotopic (exact) mass is 745 g/mol. The third kappa shape index (κ3) is 19.5. The van der Waals surface area contributed by atoms with Crippen molar-refractivity contribution in [2.45, 2.75) is 244 Å². The lowest BCUT2D eigenvalue weighted by Gasteiger charge is -2.52. The highest BCUT2D eigenvalue weighted by Gasteiger charge is 2.74. The molecule has 0 spiro atoms. The van der Waals surface area contributed by atoms with E-state index in [1.165, 1.54) is 141 Å². The van der Waals surface area contributed by atoms with E-state index in [-0.39, 0.29) is 23.7 Å². The SMILES string of the molecule is CCCCCCCCCCCCCCCCCC(=O)C(O)(C(=O)CCCCCCCCCCCCCCCCC)C(CC)([N+](C)(C)C)P(=O)(O)O. The fourth-order valence-corrected chi connectivity index (χ4v) is 10.2. The molecule has 1 unspecified atom stereocenters. The minimum atomic E-state index is -5.13. The molecule has 0 amide bonds. The van der Waals surface area contributed by atoms with Crippen LogP contribution in [0.5, 0.6) is 0 Å². The normalized spacial score (nSPS) is 13.8. The number of nitrogens with zero attached hydrogens (tertiary/aromatic N) is 1. The van der Waals surface area contributed by atoms with Crippen LogP contribution in [0.25, 0.3) is 0 Å². The largest absolute Gasteiger partial charge is 0.389 e. The Kier molecular flexibility index (Phi) is 29.4. The number of likely N-dealkylation sites (N-methyl/N-ethyl adjacent to an activating group) is 1. The molecule has 0 aliphatic rings. The molecule has 1 atom stereocenters. The molecular weight excluding hydrogens is 657 g/mol. The van der Waals surface area contributed by atoms with Crippen molar-refractivity contribution in [3.05, 3.63) is 0 Å². The second-order valence-corrected chi connectivity index (χ2v) is 18.5. The smallest absolute Gasteiger partial charge is 0.369 e. The molecule has 7 nitrogen and oxygen atoms in total. The van der Waals surface area contributed by atoms with Crippen LogP contribution in [0.15, 0.2) is 0 Å². The minimum absolute atomic E-state index is 0.0545. The van der Waals surface area contributed by atoms with Gasteiger partial charge in [-0.25, -0.2) is 0 Å². The highest BCUT2D eigenvalue weighted by molar-refractivity contribution is 7.53. The Hall–Kier alpha value is -0.590. The summed E-state index contributed by atoms with van der Waals surface area (Å²) in [6, 6.07) is 0. The summed E-state index contributed by atoms with van der Waals surface area (Å²) in [7, 11) is -0.432. The first-order valence-corrected chi connectivity index (χ1v) is 23.5. The summed E-state index contributed by atoms with van der Waals surface area (Å²) in [4.78, 5) is 49.2. The first kappa shape index (κ1) is 50.4. The molecule has 0 aliphatic heterocycles. The van der Waals surface area contributed by atoms with E-state index in [2.05, 4.69) is 13.8 Å². The van der Waals surface area contributed by atoms with Crippen LogP contribution in [-0.4, -0.2) is 63.0 Å². The lowest BCUT2D eigenvalue weighted by Crippen LogP contribution is -2.74. The van der Waals surface area contributed by atoms with Gasteiger partial charge in [-0.2, -0.15) is 0 Å². The zero-order valence-electron chi connectivity index (χ0n) is 34.8. The fraction of sp³-hybridized carbons (Fsp3) is 0.953. The van der Waals surface area contributed by atoms with Gasteiger partial charge in [0.2, 0.25) is 10.9 Å². The van der Waals surface area contributed by atoms with Crippen molar-refractivity contribution >= 4 is 19.2 Å². The van der Waals surface area contributed by atoms with Crippen LogP contribution in [0, 0.1) is 0 Å². The molecule has 0 bridgehead atoms. The Balaban J connectivity index is 4.81. The Bertz CT molecular complexity index is 867. The van der Waals surface area contributed by atoms with Crippen molar-refractivity contribution in [3.63, 3.8) is 0 Å². The highest BCUT2D eigenvalue weighted by atomic mass is 31.2. The number of hydrogen-bond acceptors (Lipinski definition) is 4. The van der Waals surface area contributed by atoms with E-state index in [4.69, 9.17) is 0 Å². The van der Waals surface area contributed by atoms with Crippen molar-refractivity contribution < 1.29 is 33.5 Å². The average Bonchev–Trinajstić information content (AvgIpc) is 3.07. The van der Waals surface area contributed by atoms with Crippen LogP contribution in [0.2, 0.25) is 0 Å². The Morgan fingerprint density at radius 1 is 0.451 bits per heavy atom. The van der Waals surface area contributed by atoms with Crippen LogP contribution in [0.4, 0.5) is 0 Å². The average molecular weight is 745 g/mol. The van der Waals surface area contributed by atoms with E-state index in [0.29, 0.717) is 12.8 Å². The molecule has 0 saturated heterocycles. The summed E-state index contributed by atoms with van der Waals surface area (Å²) in [6.07, 6.45) is 35.3. The maximum Gasteiger partial charge on any atom is 0.389 e. The maximum absolute atomic E-state index is 13.9. The number of hydrogen-bond donors (Lipinski definition) is 3. The molecule has 51 heavy (non-hydrogen) atoms. The van der Waals surface area contributed by atoms with Gasteiger partial charge in [-0.1, -0.05) is 201 Å². The van der Waals surface area contributed by atoms with Gasteiger partial charge in [0.15, 0.2) is 11.6 Å². The van der Waals surface area contributed by atoms with Gasteiger partial charge in [-0.15, -0.1) is 0 Å².